The predicted octanol–water partition coefficient (Wildman–Crippen LogP) is -4.30. The summed E-state index contributed by atoms with van der Waals surface area (Å²) in [6, 6.07) is 0. The van der Waals surface area contributed by atoms with Crippen molar-refractivity contribution in [3.05, 3.63) is 0 Å². The summed E-state index contributed by atoms with van der Waals surface area (Å²) in [5.74, 6) is -3.38. The molecular formula is C24H42O17. The molecule has 0 radical (unpaired) electrons. The van der Waals surface area contributed by atoms with Crippen molar-refractivity contribution in [1.29, 1.82) is 0 Å². The van der Waals surface area contributed by atoms with E-state index in [4.69, 9.17) is 24.4 Å². The zero-order valence-corrected chi connectivity index (χ0v) is 22.4. The molecule has 0 aromatic heterocycles. The Morgan fingerprint density at radius 2 is 0.732 bits per heavy atom. The Kier molecular flexibility index (Phi) is 20.0. The van der Waals surface area contributed by atoms with E-state index in [1.54, 1.807) is 0 Å². The highest BCUT2D eigenvalue weighted by atomic mass is 16.6. The fourth-order valence-corrected chi connectivity index (χ4v) is 3.15. The van der Waals surface area contributed by atoms with Crippen molar-refractivity contribution in [1.82, 2.24) is 0 Å². The fourth-order valence-electron chi connectivity index (χ4n) is 3.15. The minimum atomic E-state index is -1.97. The number of hydrogen-bond acceptors (Lipinski definition) is 16. The number of rotatable bonds is 23. The smallest absolute Gasteiger partial charge is 0.305 e. The lowest BCUT2D eigenvalue weighted by Gasteiger charge is -2.26. The number of aliphatic carboxylic acids is 1. The van der Waals surface area contributed by atoms with E-state index < -0.39 is 99.1 Å². The van der Waals surface area contributed by atoms with Crippen LogP contribution in [0.15, 0.2) is 0 Å². The molecule has 0 saturated heterocycles. The van der Waals surface area contributed by atoms with Gasteiger partial charge in [-0.2, -0.15) is 0 Å². The summed E-state index contributed by atoms with van der Waals surface area (Å²) in [6.45, 7) is -3.02. The number of hydrogen-bond donors (Lipinski definition) is 10. The van der Waals surface area contributed by atoms with Crippen molar-refractivity contribution in [2.75, 3.05) is 26.4 Å². The lowest BCUT2D eigenvalue weighted by molar-refractivity contribution is -0.162. The summed E-state index contributed by atoms with van der Waals surface area (Å²) in [7, 11) is 0. The average Bonchev–Trinajstić information content (AvgIpc) is 2.95. The monoisotopic (exact) mass is 602 g/mol. The van der Waals surface area contributed by atoms with Crippen LogP contribution in [0.1, 0.15) is 51.4 Å². The molecule has 41 heavy (non-hydrogen) atoms. The molecule has 0 aliphatic rings. The number of carboxylic acid groups (broad SMARTS) is 1. The van der Waals surface area contributed by atoms with Crippen LogP contribution in [0.25, 0.3) is 0 Å². The molecule has 0 aromatic rings. The van der Waals surface area contributed by atoms with Gasteiger partial charge in [0.05, 0.1) is 6.61 Å². The summed E-state index contributed by atoms with van der Waals surface area (Å²) < 4.78 is 14.2. The lowest BCUT2D eigenvalue weighted by atomic mass is 10.0. The van der Waals surface area contributed by atoms with Crippen molar-refractivity contribution in [3.8, 4) is 0 Å². The third-order valence-electron chi connectivity index (χ3n) is 5.74. The lowest BCUT2D eigenvalue weighted by Crippen LogP contribution is -2.48. The summed E-state index contributed by atoms with van der Waals surface area (Å²) in [4.78, 5) is 45.5. The zero-order chi connectivity index (χ0) is 31.5. The molecule has 0 rings (SSSR count). The minimum Gasteiger partial charge on any atom is -0.481 e. The molecule has 0 saturated carbocycles. The van der Waals surface area contributed by atoms with Crippen LogP contribution < -0.4 is 0 Å². The highest BCUT2D eigenvalue weighted by molar-refractivity contribution is 5.71. The van der Waals surface area contributed by atoms with E-state index in [9.17, 15) is 60.0 Å². The van der Waals surface area contributed by atoms with Crippen molar-refractivity contribution >= 4 is 23.9 Å². The number of aliphatic hydroxyl groups excluding tert-OH is 9. The molecule has 0 aliphatic heterocycles. The maximum Gasteiger partial charge on any atom is 0.305 e. The van der Waals surface area contributed by atoms with Crippen LogP contribution >= 0.6 is 0 Å². The molecule has 0 heterocycles. The number of aliphatic hydroxyl groups is 9. The Morgan fingerprint density at radius 3 is 1.00 bits per heavy atom. The van der Waals surface area contributed by atoms with E-state index >= 15 is 0 Å². The number of esters is 3. The highest BCUT2D eigenvalue weighted by Gasteiger charge is 2.32. The van der Waals surface area contributed by atoms with Crippen molar-refractivity contribution in [2.45, 2.75) is 100 Å². The molecule has 10 N–H and O–H groups in total. The van der Waals surface area contributed by atoms with Gasteiger partial charge < -0.3 is 65.3 Å². The van der Waals surface area contributed by atoms with E-state index in [1.807, 2.05) is 0 Å². The third kappa shape index (κ3) is 17.2. The van der Waals surface area contributed by atoms with Gasteiger partial charge in [0, 0.05) is 25.7 Å². The van der Waals surface area contributed by atoms with Gasteiger partial charge in [0.15, 0.2) is 0 Å². The second-order valence-corrected chi connectivity index (χ2v) is 9.27. The normalized spacial score (nSPS) is 17.3. The summed E-state index contributed by atoms with van der Waals surface area (Å²) in [5, 5.41) is 95.0. The predicted molar refractivity (Wildman–Crippen MR) is 133 cm³/mol. The van der Waals surface area contributed by atoms with Crippen molar-refractivity contribution in [3.63, 3.8) is 0 Å². The topological polar surface area (TPSA) is 298 Å². The van der Waals surface area contributed by atoms with Crippen LogP contribution in [-0.2, 0) is 33.4 Å². The maximum absolute atomic E-state index is 11.8. The molecule has 0 fully saturated rings. The standard InChI is InChI=1S/C24H42O17/c25-9-13(26)21(35)22(36)14(27)10-39-19(33)7-3-4-8-20(34)41-12-16(29)24(38)23(37)15(28)11-40-18(32)6-2-1-5-17(30)31/h13-16,21-29,35-38H,1-12H2,(H,30,31)/t13-,14+,15+,16-,21+,22+,23+,24+/m0/s1. The second-order valence-electron chi connectivity index (χ2n) is 9.27. The average molecular weight is 603 g/mol. The largest absolute Gasteiger partial charge is 0.481 e. The van der Waals surface area contributed by atoms with Crippen LogP contribution in [0.3, 0.4) is 0 Å². The Hall–Kier alpha value is -2.48. The van der Waals surface area contributed by atoms with Crippen LogP contribution in [0.2, 0.25) is 0 Å². The summed E-state index contributed by atoms with van der Waals surface area (Å²) in [5.41, 5.74) is 0. The van der Waals surface area contributed by atoms with E-state index in [0.29, 0.717) is 0 Å². The SMILES string of the molecule is O=C(O)CCCCC(=O)OC[C@@H](O)[C@@H](O)[C@H](O)[C@@H](O)COC(=O)CCCCC(=O)OC[C@@H](O)[C@@H](O)[C@H](O)[C@@H](O)CO. The van der Waals surface area contributed by atoms with Gasteiger partial charge in [-0.3, -0.25) is 19.2 Å². The van der Waals surface area contributed by atoms with Gasteiger partial charge >= 0.3 is 23.9 Å². The van der Waals surface area contributed by atoms with Crippen molar-refractivity contribution < 1.29 is 84.5 Å². The van der Waals surface area contributed by atoms with Gasteiger partial charge in [0.1, 0.15) is 68.7 Å². The molecule has 0 spiro atoms. The Labute approximate surface area is 235 Å². The number of carbonyl (C=O) groups is 4. The zero-order valence-electron chi connectivity index (χ0n) is 22.4. The first-order valence-electron chi connectivity index (χ1n) is 12.9. The molecule has 0 unspecified atom stereocenters. The number of carboxylic acids is 1. The van der Waals surface area contributed by atoms with Gasteiger partial charge in [-0.05, 0) is 25.7 Å². The Balaban J connectivity index is 4.16. The first-order chi connectivity index (χ1) is 19.2. The second kappa shape index (κ2) is 21.3. The van der Waals surface area contributed by atoms with Crippen LogP contribution in [0.5, 0.6) is 0 Å². The van der Waals surface area contributed by atoms with Gasteiger partial charge in [-0.15, -0.1) is 0 Å². The third-order valence-corrected chi connectivity index (χ3v) is 5.74. The van der Waals surface area contributed by atoms with E-state index in [2.05, 4.69) is 0 Å². The molecule has 17 nitrogen and oxygen atoms in total. The molecule has 0 bridgehead atoms. The minimum absolute atomic E-state index is 0.116. The van der Waals surface area contributed by atoms with E-state index in [0.717, 1.165) is 0 Å². The van der Waals surface area contributed by atoms with E-state index in [1.165, 1.54) is 0 Å². The first-order valence-corrected chi connectivity index (χ1v) is 12.9. The highest BCUT2D eigenvalue weighted by Crippen LogP contribution is 2.10. The molecule has 0 aromatic carbocycles. The molecule has 0 amide bonds. The van der Waals surface area contributed by atoms with Gasteiger partial charge in [-0.25, -0.2) is 0 Å². The summed E-state index contributed by atoms with van der Waals surface area (Å²) in [6.07, 6.45) is -14.6. The first kappa shape index (κ1) is 38.5. The number of ether oxygens (including phenoxy) is 3. The molecule has 240 valence electrons. The van der Waals surface area contributed by atoms with Crippen LogP contribution in [-0.4, -0.2) is 150 Å². The van der Waals surface area contributed by atoms with E-state index in [-0.39, 0.29) is 51.4 Å². The maximum atomic E-state index is 11.8. The van der Waals surface area contributed by atoms with Crippen LogP contribution in [0, 0.1) is 0 Å². The number of carbonyl (C=O) groups excluding carboxylic acids is 3. The summed E-state index contributed by atoms with van der Waals surface area (Å²) >= 11 is 0. The molecule has 17 heteroatoms. The number of unbranched alkanes of at least 4 members (excludes halogenated alkanes) is 2. The van der Waals surface area contributed by atoms with Crippen molar-refractivity contribution in [2.24, 2.45) is 0 Å². The van der Waals surface area contributed by atoms with Gasteiger partial charge in [0.25, 0.3) is 0 Å². The Morgan fingerprint density at radius 1 is 0.463 bits per heavy atom. The Bertz CT molecular complexity index is 777. The molecule has 8 atom stereocenters. The molecular weight excluding hydrogens is 560 g/mol. The van der Waals surface area contributed by atoms with Gasteiger partial charge in [0.2, 0.25) is 0 Å². The quantitative estimate of drug-likeness (QED) is 0.0300. The molecule has 0 aliphatic carbocycles. The van der Waals surface area contributed by atoms with Gasteiger partial charge in [-0.1, -0.05) is 0 Å². The fraction of sp³-hybridized carbons (Fsp3) is 0.833. The van der Waals surface area contributed by atoms with Crippen LogP contribution in [0.4, 0.5) is 0 Å².